The molecular weight excluding hydrogens is 307 g/mol. The summed E-state index contributed by atoms with van der Waals surface area (Å²) in [6.07, 6.45) is -3.24. The molecule has 1 heterocycles. The third-order valence-electron chi connectivity index (χ3n) is 2.15. The van der Waals surface area contributed by atoms with Gasteiger partial charge in [-0.15, -0.1) is 0 Å². The summed E-state index contributed by atoms with van der Waals surface area (Å²) in [5.74, 6) is -1.45. The van der Waals surface area contributed by atoms with Crippen molar-refractivity contribution in [2.45, 2.75) is 52.1 Å². The molecule has 0 aliphatic carbocycles. The largest absolute Gasteiger partial charge is 0.461 e. The fraction of sp³-hybridized carbons (Fsp3) is 0.818. The fourth-order valence-corrected chi connectivity index (χ4v) is 3.16. The zero-order valence-corrected chi connectivity index (χ0v) is 13.7. The molecule has 0 radical (unpaired) electrons. The van der Waals surface area contributed by atoms with Gasteiger partial charge in [0, 0.05) is 7.11 Å². The highest BCUT2D eigenvalue weighted by atomic mass is 32.5. The summed E-state index contributed by atoms with van der Waals surface area (Å²) in [6.45, 7) is 3.60. The Labute approximate surface area is 123 Å². The Kier molecular flexibility index (Phi) is 6.09. The number of rotatable bonds is 5. The third-order valence-corrected chi connectivity index (χ3v) is 4.53. The van der Waals surface area contributed by atoms with Crippen molar-refractivity contribution < 1.29 is 32.6 Å². The zero-order chi connectivity index (χ0) is 15.5. The molecule has 0 aromatic carbocycles. The Hall–Kier alpha value is -0.530. The maximum absolute atomic E-state index is 11.9. The van der Waals surface area contributed by atoms with Gasteiger partial charge in [-0.2, -0.15) is 0 Å². The predicted molar refractivity (Wildman–Crippen MR) is 73.5 cm³/mol. The molecule has 0 spiro atoms. The van der Waals surface area contributed by atoms with Crippen molar-refractivity contribution in [2.24, 2.45) is 0 Å². The van der Waals surface area contributed by atoms with Gasteiger partial charge in [0.1, 0.15) is 0 Å². The molecular formula is C11H19O7PS. The van der Waals surface area contributed by atoms with Crippen LogP contribution in [0.4, 0.5) is 0 Å². The van der Waals surface area contributed by atoms with Crippen molar-refractivity contribution in [1.29, 1.82) is 0 Å². The van der Waals surface area contributed by atoms with Crippen LogP contribution in [0.3, 0.4) is 0 Å². The maximum Gasteiger partial charge on any atom is 0.339 e. The molecule has 1 aliphatic heterocycles. The van der Waals surface area contributed by atoms with Crippen LogP contribution in [0.25, 0.3) is 0 Å². The second-order valence-electron chi connectivity index (χ2n) is 4.65. The smallest absolute Gasteiger partial charge is 0.339 e. The number of carbonyl (C=O) groups excluding carboxylic acids is 2. The van der Waals surface area contributed by atoms with E-state index in [-0.39, 0.29) is 12.2 Å². The average molecular weight is 326 g/mol. The van der Waals surface area contributed by atoms with Gasteiger partial charge in [0.15, 0.2) is 0 Å². The topological polar surface area (TPSA) is 80.3 Å². The Bertz CT molecular complexity index is 389. The highest BCUT2D eigenvalue weighted by Gasteiger charge is 2.51. The molecule has 2 atom stereocenters. The van der Waals surface area contributed by atoms with E-state index in [4.69, 9.17) is 34.9 Å². The minimum absolute atomic E-state index is 0.353. The molecule has 116 valence electrons. The number of carbonyl (C=O) groups is 2. The number of hydrogen-bond acceptors (Lipinski definition) is 8. The normalized spacial score (nSPS) is 24.9. The summed E-state index contributed by atoms with van der Waals surface area (Å²) in [6, 6.07) is 0. The first-order valence-electron chi connectivity index (χ1n) is 6.12. The van der Waals surface area contributed by atoms with Crippen molar-refractivity contribution >= 4 is 30.5 Å². The highest BCUT2D eigenvalue weighted by Crippen LogP contribution is 2.57. The van der Waals surface area contributed by atoms with Crippen LogP contribution in [0.15, 0.2) is 0 Å². The first-order chi connectivity index (χ1) is 9.18. The van der Waals surface area contributed by atoms with E-state index in [1.54, 1.807) is 27.7 Å². The Morgan fingerprint density at radius 1 is 1.00 bits per heavy atom. The summed E-state index contributed by atoms with van der Waals surface area (Å²) < 4.78 is 25.5. The summed E-state index contributed by atoms with van der Waals surface area (Å²) in [5.41, 5.74) is 0. The van der Waals surface area contributed by atoms with Crippen LogP contribution in [0, 0.1) is 0 Å². The monoisotopic (exact) mass is 326 g/mol. The van der Waals surface area contributed by atoms with E-state index >= 15 is 0 Å². The van der Waals surface area contributed by atoms with Gasteiger partial charge in [0.05, 0.1) is 12.2 Å². The van der Waals surface area contributed by atoms with Gasteiger partial charge >= 0.3 is 18.7 Å². The van der Waals surface area contributed by atoms with E-state index < -0.39 is 30.9 Å². The third kappa shape index (κ3) is 4.49. The van der Waals surface area contributed by atoms with Crippen LogP contribution in [-0.2, 0) is 44.4 Å². The molecule has 1 aliphatic rings. The summed E-state index contributed by atoms with van der Waals surface area (Å²) in [4.78, 5) is 23.9. The highest BCUT2D eigenvalue weighted by molar-refractivity contribution is 8.07. The molecule has 0 bridgehead atoms. The lowest BCUT2D eigenvalue weighted by Gasteiger charge is -2.17. The summed E-state index contributed by atoms with van der Waals surface area (Å²) in [7, 11) is 1.29. The summed E-state index contributed by atoms with van der Waals surface area (Å²) in [5, 5.41) is 0. The summed E-state index contributed by atoms with van der Waals surface area (Å²) >= 11 is 5.02. The van der Waals surface area contributed by atoms with Gasteiger partial charge in [-0.05, 0) is 39.5 Å². The predicted octanol–water partition coefficient (Wildman–Crippen LogP) is 1.54. The quantitative estimate of drug-likeness (QED) is 0.556. The maximum atomic E-state index is 11.9. The number of esters is 2. The van der Waals surface area contributed by atoms with E-state index in [9.17, 15) is 9.59 Å². The molecule has 9 heteroatoms. The molecule has 20 heavy (non-hydrogen) atoms. The van der Waals surface area contributed by atoms with Crippen molar-refractivity contribution in [3.63, 3.8) is 0 Å². The number of ether oxygens (including phenoxy) is 2. The first kappa shape index (κ1) is 17.5. The van der Waals surface area contributed by atoms with Crippen LogP contribution >= 0.6 is 6.72 Å². The molecule has 0 aromatic rings. The molecule has 0 saturated carbocycles. The lowest BCUT2D eigenvalue weighted by atomic mass is 10.2. The van der Waals surface area contributed by atoms with Gasteiger partial charge in [-0.25, -0.2) is 9.59 Å². The van der Waals surface area contributed by atoms with E-state index in [1.807, 2.05) is 0 Å². The van der Waals surface area contributed by atoms with Crippen molar-refractivity contribution in [3.8, 4) is 0 Å². The minimum Gasteiger partial charge on any atom is -0.461 e. The SMILES string of the molecule is COP1(=S)O[C@@H](C(=O)OC(C)C)[C@H](C(=O)OC(C)C)O1. The second-order valence-corrected chi connectivity index (χ2v) is 7.68. The molecule has 1 saturated heterocycles. The lowest BCUT2D eigenvalue weighted by molar-refractivity contribution is -0.167. The van der Waals surface area contributed by atoms with E-state index in [2.05, 4.69) is 0 Å². The minimum atomic E-state index is -3.13. The fourth-order valence-electron chi connectivity index (χ4n) is 1.43. The Morgan fingerprint density at radius 3 is 1.60 bits per heavy atom. The van der Waals surface area contributed by atoms with Gasteiger partial charge in [0.25, 0.3) is 0 Å². The van der Waals surface area contributed by atoms with Gasteiger partial charge in [-0.1, -0.05) is 0 Å². The van der Waals surface area contributed by atoms with Crippen molar-refractivity contribution in [3.05, 3.63) is 0 Å². The molecule has 1 rings (SSSR count). The molecule has 1 fully saturated rings. The average Bonchev–Trinajstić information content (AvgIpc) is 2.67. The molecule has 0 N–H and O–H groups in total. The van der Waals surface area contributed by atoms with Crippen molar-refractivity contribution in [1.82, 2.24) is 0 Å². The standard InChI is InChI=1S/C11H19O7PS/c1-6(2)15-10(12)8-9(11(13)16-7(3)4)18-19(20,14-5)17-8/h6-9H,1-5H3/t8-,9-/m1/s1. The van der Waals surface area contributed by atoms with E-state index in [1.165, 1.54) is 7.11 Å². The zero-order valence-electron chi connectivity index (χ0n) is 12.0. The Morgan fingerprint density at radius 2 is 1.35 bits per heavy atom. The van der Waals surface area contributed by atoms with Crippen LogP contribution in [-0.4, -0.2) is 43.5 Å². The first-order valence-corrected chi connectivity index (χ1v) is 8.67. The second kappa shape index (κ2) is 6.95. The van der Waals surface area contributed by atoms with Crippen LogP contribution in [0.2, 0.25) is 0 Å². The molecule has 0 amide bonds. The van der Waals surface area contributed by atoms with Gasteiger partial charge in [-0.3, -0.25) is 9.05 Å². The van der Waals surface area contributed by atoms with Crippen LogP contribution in [0.1, 0.15) is 27.7 Å². The van der Waals surface area contributed by atoms with Crippen LogP contribution in [0.5, 0.6) is 0 Å². The molecule has 0 unspecified atom stereocenters. The lowest BCUT2D eigenvalue weighted by Crippen LogP contribution is -2.40. The van der Waals surface area contributed by atoms with Crippen LogP contribution < -0.4 is 0 Å². The molecule has 7 nitrogen and oxygen atoms in total. The molecule has 0 aromatic heterocycles. The van der Waals surface area contributed by atoms with Gasteiger partial charge in [0.2, 0.25) is 12.2 Å². The van der Waals surface area contributed by atoms with E-state index in [0.29, 0.717) is 0 Å². The van der Waals surface area contributed by atoms with Gasteiger partial charge < -0.3 is 14.0 Å². The Balaban J connectivity index is 2.89. The number of hydrogen-bond donors (Lipinski definition) is 0. The van der Waals surface area contributed by atoms with E-state index in [0.717, 1.165) is 0 Å². The van der Waals surface area contributed by atoms with Crippen molar-refractivity contribution in [2.75, 3.05) is 7.11 Å².